The Morgan fingerprint density at radius 1 is 1.10 bits per heavy atom. The monoisotopic (exact) mass is 390 g/mol. The molecule has 1 aliphatic carbocycles. The number of carbonyl (C=O) groups is 1. The maximum atomic E-state index is 12.7. The molecule has 152 valence electrons. The van der Waals surface area contributed by atoms with Gasteiger partial charge in [-0.3, -0.25) is 4.79 Å². The number of hydrogen-bond donors (Lipinski definition) is 1. The van der Waals surface area contributed by atoms with Gasteiger partial charge in [0.05, 0.1) is 5.57 Å². The van der Waals surface area contributed by atoms with Crippen LogP contribution in [-0.2, 0) is 24.1 Å². The third-order valence-corrected chi connectivity index (χ3v) is 6.78. The average Bonchev–Trinajstić information content (AvgIpc) is 3.24. The highest BCUT2D eigenvalue weighted by atomic mass is 16.3. The number of hydrogen-bond acceptors (Lipinski definition) is 3. The van der Waals surface area contributed by atoms with Crippen LogP contribution in [0.2, 0.25) is 0 Å². The first-order valence-corrected chi connectivity index (χ1v) is 11.2. The number of anilines is 1. The normalized spacial score (nSPS) is 20.6. The Kier molecular flexibility index (Phi) is 5.04. The van der Waals surface area contributed by atoms with Crippen LogP contribution >= 0.6 is 0 Å². The van der Waals surface area contributed by atoms with Crippen LogP contribution in [0.4, 0.5) is 5.69 Å². The van der Waals surface area contributed by atoms with Gasteiger partial charge < -0.3 is 14.6 Å². The molecular weight excluding hydrogens is 360 g/mol. The van der Waals surface area contributed by atoms with Crippen LogP contribution in [0.1, 0.15) is 65.9 Å². The van der Waals surface area contributed by atoms with E-state index in [2.05, 4.69) is 35.3 Å². The molecule has 0 atom stereocenters. The number of aryl methyl sites for hydroxylation is 1. The quantitative estimate of drug-likeness (QED) is 0.748. The van der Waals surface area contributed by atoms with Gasteiger partial charge in [-0.25, -0.2) is 0 Å². The lowest BCUT2D eigenvalue weighted by molar-refractivity contribution is -0.110. The minimum atomic E-state index is -0.0260. The molecule has 3 heterocycles. The molecule has 3 aliphatic rings. The summed E-state index contributed by atoms with van der Waals surface area (Å²) in [6.07, 6.45) is 11.5. The van der Waals surface area contributed by atoms with Gasteiger partial charge in [0.2, 0.25) is 0 Å². The zero-order chi connectivity index (χ0) is 19.8. The predicted octanol–water partition coefficient (Wildman–Crippen LogP) is 4.99. The minimum Gasteiger partial charge on any atom is -0.461 e. The predicted molar refractivity (Wildman–Crippen MR) is 117 cm³/mol. The van der Waals surface area contributed by atoms with Crippen LogP contribution < -0.4 is 5.32 Å². The second-order valence-corrected chi connectivity index (χ2v) is 8.74. The van der Waals surface area contributed by atoms with Crippen molar-refractivity contribution >= 4 is 23.2 Å². The Labute approximate surface area is 173 Å². The number of nitrogens with zero attached hydrogens (tertiary/aromatic N) is 1. The van der Waals surface area contributed by atoms with Gasteiger partial charge in [0.25, 0.3) is 5.91 Å². The molecular formula is C25H30N2O2. The zero-order valence-electron chi connectivity index (χ0n) is 17.4. The second kappa shape index (κ2) is 7.83. The van der Waals surface area contributed by atoms with E-state index in [0.29, 0.717) is 0 Å². The molecule has 1 amide bonds. The zero-order valence-corrected chi connectivity index (χ0v) is 17.4. The van der Waals surface area contributed by atoms with Crippen LogP contribution in [0.3, 0.4) is 0 Å². The smallest absolute Gasteiger partial charge is 0.256 e. The standard InChI is InChI=1S/C25H30N2O2/c1-17-19-7-3-4-8-23(19)29-24(17)16-21-20-15-18(9-10-22(20)26-25(21)28)11-14-27-12-5-2-6-13-27/h9-10,15-16H,2-8,11-14H2,1H3,(H,26,28). The lowest BCUT2D eigenvalue weighted by atomic mass is 9.95. The van der Waals surface area contributed by atoms with Crippen LogP contribution in [-0.4, -0.2) is 30.4 Å². The summed E-state index contributed by atoms with van der Waals surface area (Å²) in [7, 11) is 0. The van der Waals surface area contributed by atoms with E-state index in [1.807, 2.05) is 6.08 Å². The Morgan fingerprint density at radius 3 is 2.76 bits per heavy atom. The maximum absolute atomic E-state index is 12.7. The van der Waals surface area contributed by atoms with E-state index in [9.17, 15) is 4.79 Å². The Bertz CT molecular complexity index is 963. The van der Waals surface area contributed by atoms with Crippen molar-refractivity contribution in [1.29, 1.82) is 0 Å². The van der Waals surface area contributed by atoms with Crippen molar-refractivity contribution in [2.24, 2.45) is 0 Å². The molecule has 0 radical (unpaired) electrons. The summed E-state index contributed by atoms with van der Waals surface area (Å²) in [5.74, 6) is 1.95. The Hall–Kier alpha value is -2.33. The first-order chi connectivity index (χ1) is 14.2. The van der Waals surface area contributed by atoms with E-state index < -0.39 is 0 Å². The van der Waals surface area contributed by atoms with E-state index in [1.54, 1.807) is 0 Å². The lowest BCUT2D eigenvalue weighted by Crippen LogP contribution is -2.31. The van der Waals surface area contributed by atoms with Crippen LogP contribution in [0.5, 0.6) is 0 Å². The van der Waals surface area contributed by atoms with Gasteiger partial charge in [0.15, 0.2) is 0 Å². The van der Waals surface area contributed by atoms with Crippen LogP contribution in [0, 0.1) is 6.92 Å². The van der Waals surface area contributed by atoms with Crippen molar-refractivity contribution in [1.82, 2.24) is 4.90 Å². The fourth-order valence-electron chi connectivity index (χ4n) is 5.02. The molecule has 1 N–H and O–H groups in total. The second-order valence-electron chi connectivity index (χ2n) is 8.74. The molecule has 1 fully saturated rings. The van der Waals surface area contributed by atoms with E-state index in [0.717, 1.165) is 54.2 Å². The highest BCUT2D eigenvalue weighted by molar-refractivity contribution is 6.34. The summed E-state index contributed by atoms with van der Waals surface area (Å²) in [5, 5.41) is 3.02. The molecule has 0 spiro atoms. The van der Waals surface area contributed by atoms with Crippen molar-refractivity contribution in [2.45, 2.75) is 58.3 Å². The number of carbonyl (C=O) groups excluding carboxylic acids is 1. The molecule has 0 bridgehead atoms. The van der Waals surface area contributed by atoms with Gasteiger partial charge in [-0.2, -0.15) is 0 Å². The molecule has 1 aromatic carbocycles. The lowest BCUT2D eigenvalue weighted by Gasteiger charge is -2.26. The summed E-state index contributed by atoms with van der Waals surface area (Å²) in [6.45, 7) is 5.67. The molecule has 0 saturated carbocycles. The van der Waals surface area contributed by atoms with Gasteiger partial charge in [-0.1, -0.05) is 12.5 Å². The van der Waals surface area contributed by atoms with E-state index in [4.69, 9.17) is 4.42 Å². The first-order valence-electron chi connectivity index (χ1n) is 11.2. The number of amides is 1. The van der Waals surface area contributed by atoms with Gasteiger partial charge in [-0.15, -0.1) is 0 Å². The van der Waals surface area contributed by atoms with Gasteiger partial charge >= 0.3 is 0 Å². The summed E-state index contributed by atoms with van der Waals surface area (Å²) in [4.78, 5) is 15.2. The number of likely N-dealkylation sites (tertiary alicyclic amines) is 1. The molecule has 2 aromatic rings. The number of fused-ring (bicyclic) bond motifs is 2. The highest BCUT2D eigenvalue weighted by Crippen LogP contribution is 2.36. The summed E-state index contributed by atoms with van der Waals surface area (Å²) < 4.78 is 6.16. The van der Waals surface area contributed by atoms with Crippen molar-refractivity contribution in [3.05, 3.63) is 52.0 Å². The molecule has 0 unspecified atom stereocenters. The SMILES string of the molecule is Cc1c(C=C2C(=O)Nc3ccc(CCN4CCCCC4)cc32)oc2c1CCCC2. The highest BCUT2D eigenvalue weighted by Gasteiger charge is 2.26. The Morgan fingerprint density at radius 2 is 1.93 bits per heavy atom. The molecule has 1 aromatic heterocycles. The van der Waals surface area contributed by atoms with Crippen LogP contribution in [0.15, 0.2) is 22.6 Å². The third kappa shape index (κ3) is 3.66. The van der Waals surface area contributed by atoms with Crippen LogP contribution in [0.25, 0.3) is 11.6 Å². The molecule has 4 heteroatoms. The molecule has 29 heavy (non-hydrogen) atoms. The van der Waals surface area contributed by atoms with Crippen molar-refractivity contribution < 1.29 is 9.21 Å². The molecule has 1 saturated heterocycles. The number of furan rings is 1. The molecule has 4 nitrogen and oxygen atoms in total. The van der Waals surface area contributed by atoms with E-state index in [1.165, 1.54) is 61.9 Å². The van der Waals surface area contributed by atoms with Crippen molar-refractivity contribution in [3.8, 4) is 0 Å². The largest absolute Gasteiger partial charge is 0.461 e. The third-order valence-electron chi connectivity index (χ3n) is 6.78. The fraction of sp³-hybridized carbons (Fsp3) is 0.480. The van der Waals surface area contributed by atoms with Gasteiger partial charge in [0, 0.05) is 24.2 Å². The summed E-state index contributed by atoms with van der Waals surface area (Å²) in [5.41, 5.74) is 6.52. The minimum absolute atomic E-state index is 0.0260. The Balaban J connectivity index is 1.41. The van der Waals surface area contributed by atoms with Crippen molar-refractivity contribution in [3.63, 3.8) is 0 Å². The fourth-order valence-corrected chi connectivity index (χ4v) is 5.02. The number of piperidine rings is 1. The number of rotatable bonds is 4. The average molecular weight is 391 g/mol. The summed E-state index contributed by atoms with van der Waals surface area (Å²) >= 11 is 0. The molecule has 2 aliphatic heterocycles. The number of nitrogens with one attached hydrogen (secondary N) is 1. The topological polar surface area (TPSA) is 45.5 Å². The molecule has 5 rings (SSSR count). The van der Waals surface area contributed by atoms with Gasteiger partial charge in [-0.05, 0) is 93.4 Å². The summed E-state index contributed by atoms with van der Waals surface area (Å²) in [6, 6.07) is 6.41. The maximum Gasteiger partial charge on any atom is 0.256 e. The van der Waals surface area contributed by atoms with E-state index in [-0.39, 0.29) is 5.91 Å². The van der Waals surface area contributed by atoms with E-state index >= 15 is 0 Å². The number of benzene rings is 1. The van der Waals surface area contributed by atoms with Crippen molar-refractivity contribution in [2.75, 3.05) is 25.0 Å². The first kappa shape index (κ1) is 18.7. The van der Waals surface area contributed by atoms with Gasteiger partial charge in [0.1, 0.15) is 11.5 Å².